The predicted molar refractivity (Wildman–Crippen MR) is 108 cm³/mol. The summed E-state index contributed by atoms with van der Waals surface area (Å²) in [5.74, 6) is -0.426. The van der Waals surface area contributed by atoms with E-state index in [9.17, 15) is 4.79 Å². The van der Waals surface area contributed by atoms with Crippen LogP contribution in [0.15, 0.2) is 71.3 Å². The molecule has 0 spiro atoms. The van der Waals surface area contributed by atoms with Crippen molar-refractivity contribution in [3.63, 3.8) is 0 Å². The number of rotatable bonds is 4. The monoisotopic (exact) mass is 421 g/mol. The van der Waals surface area contributed by atoms with E-state index < -0.39 is 5.97 Å². The van der Waals surface area contributed by atoms with Crippen LogP contribution < -0.4 is 0 Å². The number of ether oxygens (including phenoxy) is 1. The van der Waals surface area contributed by atoms with Gasteiger partial charge in [0.2, 0.25) is 0 Å². The molecular formula is C21H16BrN3O2. The van der Waals surface area contributed by atoms with Crippen molar-refractivity contribution in [2.75, 3.05) is 6.61 Å². The Hall–Kier alpha value is -2.99. The number of esters is 1. The summed E-state index contributed by atoms with van der Waals surface area (Å²) in [5.41, 5.74) is 4.37. The first-order valence-electron chi connectivity index (χ1n) is 8.54. The van der Waals surface area contributed by atoms with E-state index in [4.69, 9.17) is 9.72 Å². The molecule has 4 rings (SSSR count). The molecule has 6 heteroatoms. The van der Waals surface area contributed by atoms with Gasteiger partial charge >= 0.3 is 5.97 Å². The van der Waals surface area contributed by atoms with Gasteiger partial charge in [-0.1, -0.05) is 58.4 Å². The van der Waals surface area contributed by atoms with E-state index in [0.29, 0.717) is 17.8 Å². The van der Waals surface area contributed by atoms with Crippen LogP contribution in [0.3, 0.4) is 0 Å². The number of carbonyl (C=O) groups is 1. The molecule has 134 valence electrons. The standard InChI is InChI=1S/C21H16BrN3O2/c1-2-27-21(26)17-13-23-25-19(14-7-4-3-5-8-14)12-18(24-20(17)25)15-9-6-10-16(22)11-15/h3-13H,2H2,1H3. The van der Waals surface area contributed by atoms with Gasteiger partial charge in [0.15, 0.2) is 5.65 Å². The van der Waals surface area contributed by atoms with Gasteiger partial charge in [-0.05, 0) is 25.1 Å². The first-order valence-corrected chi connectivity index (χ1v) is 9.34. The molecule has 2 aromatic heterocycles. The highest BCUT2D eigenvalue weighted by atomic mass is 79.9. The largest absolute Gasteiger partial charge is 0.462 e. The normalized spacial score (nSPS) is 10.9. The van der Waals surface area contributed by atoms with Crippen LogP contribution >= 0.6 is 15.9 Å². The van der Waals surface area contributed by atoms with E-state index >= 15 is 0 Å². The van der Waals surface area contributed by atoms with Gasteiger partial charge in [0.05, 0.1) is 24.2 Å². The van der Waals surface area contributed by atoms with Gasteiger partial charge in [0.25, 0.3) is 0 Å². The molecule has 27 heavy (non-hydrogen) atoms. The van der Waals surface area contributed by atoms with Gasteiger partial charge in [0, 0.05) is 15.6 Å². The molecule has 0 radical (unpaired) electrons. The molecule has 2 aromatic carbocycles. The van der Waals surface area contributed by atoms with Gasteiger partial charge in [-0.15, -0.1) is 0 Å². The number of fused-ring (bicyclic) bond motifs is 1. The quantitative estimate of drug-likeness (QED) is 0.435. The lowest BCUT2D eigenvalue weighted by molar-refractivity contribution is 0.0528. The molecule has 0 atom stereocenters. The first-order chi connectivity index (χ1) is 13.2. The summed E-state index contributed by atoms with van der Waals surface area (Å²) >= 11 is 3.50. The number of carbonyl (C=O) groups excluding carboxylic acids is 1. The van der Waals surface area contributed by atoms with Crippen LogP contribution in [-0.2, 0) is 4.74 Å². The molecule has 0 bridgehead atoms. The van der Waals surface area contributed by atoms with Crippen molar-refractivity contribution in [2.45, 2.75) is 6.92 Å². The first kappa shape index (κ1) is 17.4. The second kappa shape index (κ2) is 7.32. The van der Waals surface area contributed by atoms with E-state index in [1.54, 1.807) is 11.4 Å². The van der Waals surface area contributed by atoms with Crippen molar-refractivity contribution in [1.82, 2.24) is 14.6 Å². The minimum atomic E-state index is -0.426. The number of aromatic nitrogens is 3. The Morgan fingerprint density at radius 2 is 1.85 bits per heavy atom. The van der Waals surface area contributed by atoms with Crippen molar-refractivity contribution in [2.24, 2.45) is 0 Å². The average molecular weight is 422 g/mol. The Kier molecular flexibility index (Phi) is 4.73. The van der Waals surface area contributed by atoms with Crippen LogP contribution in [-0.4, -0.2) is 27.2 Å². The molecule has 5 nitrogen and oxygen atoms in total. The number of benzene rings is 2. The molecule has 0 amide bonds. The number of hydrogen-bond acceptors (Lipinski definition) is 4. The van der Waals surface area contributed by atoms with E-state index in [1.807, 2.05) is 60.7 Å². The van der Waals surface area contributed by atoms with Crippen LogP contribution in [0.2, 0.25) is 0 Å². The SMILES string of the molecule is CCOC(=O)c1cnn2c(-c3ccccc3)cc(-c3cccc(Br)c3)nc12. The van der Waals surface area contributed by atoms with Gasteiger partial charge < -0.3 is 4.74 Å². The molecule has 0 N–H and O–H groups in total. The fraction of sp³-hybridized carbons (Fsp3) is 0.0952. The number of halogens is 1. The zero-order valence-electron chi connectivity index (χ0n) is 14.6. The Bertz CT molecular complexity index is 1120. The van der Waals surface area contributed by atoms with Crippen LogP contribution in [0.25, 0.3) is 28.2 Å². The predicted octanol–water partition coefficient (Wildman–Crippen LogP) is 5.00. The summed E-state index contributed by atoms with van der Waals surface area (Å²) in [6, 6.07) is 19.8. The number of hydrogen-bond donors (Lipinski definition) is 0. The molecule has 2 heterocycles. The zero-order chi connectivity index (χ0) is 18.8. The molecule has 0 aliphatic carbocycles. The Morgan fingerprint density at radius 3 is 2.59 bits per heavy atom. The molecule has 0 fully saturated rings. The third kappa shape index (κ3) is 3.36. The van der Waals surface area contributed by atoms with Crippen molar-refractivity contribution in [3.05, 3.63) is 76.9 Å². The fourth-order valence-corrected chi connectivity index (χ4v) is 3.33. The maximum absolute atomic E-state index is 12.3. The van der Waals surface area contributed by atoms with Gasteiger partial charge in [0.1, 0.15) is 5.56 Å². The zero-order valence-corrected chi connectivity index (χ0v) is 16.2. The van der Waals surface area contributed by atoms with Gasteiger partial charge in [-0.2, -0.15) is 5.10 Å². The molecule has 0 saturated heterocycles. The Morgan fingerprint density at radius 1 is 1.07 bits per heavy atom. The third-order valence-electron chi connectivity index (χ3n) is 4.16. The summed E-state index contributed by atoms with van der Waals surface area (Å²) in [5, 5.41) is 4.39. The lowest BCUT2D eigenvalue weighted by Crippen LogP contribution is -2.06. The highest BCUT2D eigenvalue weighted by Gasteiger charge is 2.19. The highest BCUT2D eigenvalue weighted by Crippen LogP contribution is 2.28. The van der Waals surface area contributed by atoms with E-state index in [1.165, 1.54) is 6.20 Å². The topological polar surface area (TPSA) is 56.5 Å². The maximum atomic E-state index is 12.3. The van der Waals surface area contributed by atoms with Crippen molar-refractivity contribution >= 4 is 27.5 Å². The summed E-state index contributed by atoms with van der Waals surface area (Å²) in [4.78, 5) is 17.1. The molecular weight excluding hydrogens is 406 g/mol. The summed E-state index contributed by atoms with van der Waals surface area (Å²) in [7, 11) is 0. The fourth-order valence-electron chi connectivity index (χ4n) is 2.93. The molecule has 0 aliphatic heterocycles. The third-order valence-corrected chi connectivity index (χ3v) is 4.65. The lowest BCUT2D eigenvalue weighted by Gasteiger charge is -2.10. The second-order valence-corrected chi connectivity index (χ2v) is 6.83. The maximum Gasteiger partial charge on any atom is 0.343 e. The minimum Gasteiger partial charge on any atom is -0.462 e. The minimum absolute atomic E-state index is 0.299. The average Bonchev–Trinajstić information content (AvgIpc) is 3.12. The van der Waals surface area contributed by atoms with Gasteiger partial charge in [-0.3, -0.25) is 0 Å². The molecule has 0 unspecified atom stereocenters. The summed E-state index contributed by atoms with van der Waals surface area (Å²) < 4.78 is 7.81. The van der Waals surface area contributed by atoms with Crippen LogP contribution in [0, 0.1) is 0 Å². The Labute approximate surface area is 164 Å². The smallest absolute Gasteiger partial charge is 0.343 e. The van der Waals surface area contributed by atoms with E-state index in [0.717, 1.165) is 27.0 Å². The van der Waals surface area contributed by atoms with Gasteiger partial charge in [-0.25, -0.2) is 14.3 Å². The summed E-state index contributed by atoms with van der Waals surface area (Å²) in [6.07, 6.45) is 1.51. The van der Waals surface area contributed by atoms with Crippen LogP contribution in [0.1, 0.15) is 17.3 Å². The van der Waals surface area contributed by atoms with E-state index in [-0.39, 0.29) is 0 Å². The van der Waals surface area contributed by atoms with E-state index in [2.05, 4.69) is 21.0 Å². The molecule has 0 saturated carbocycles. The van der Waals surface area contributed by atoms with Crippen LogP contribution in [0.5, 0.6) is 0 Å². The highest BCUT2D eigenvalue weighted by molar-refractivity contribution is 9.10. The molecule has 4 aromatic rings. The Balaban J connectivity index is 1.99. The lowest BCUT2D eigenvalue weighted by atomic mass is 10.1. The van der Waals surface area contributed by atoms with Crippen molar-refractivity contribution < 1.29 is 9.53 Å². The molecule has 0 aliphatic rings. The number of nitrogens with zero attached hydrogens (tertiary/aromatic N) is 3. The van der Waals surface area contributed by atoms with Crippen LogP contribution in [0.4, 0.5) is 0 Å². The summed E-state index contributed by atoms with van der Waals surface area (Å²) in [6.45, 7) is 2.08. The second-order valence-electron chi connectivity index (χ2n) is 5.92. The van der Waals surface area contributed by atoms with Crippen molar-refractivity contribution in [1.29, 1.82) is 0 Å². The van der Waals surface area contributed by atoms with Crippen molar-refractivity contribution in [3.8, 4) is 22.5 Å².